The molecular formula is C14H26N2. The lowest BCUT2D eigenvalue weighted by atomic mass is 9.85. The van der Waals surface area contributed by atoms with Crippen molar-refractivity contribution in [1.82, 2.24) is 10.2 Å². The number of nitrogens with one attached hydrogen (secondary N) is 1. The van der Waals surface area contributed by atoms with Gasteiger partial charge in [-0.3, -0.25) is 4.90 Å². The number of hydrogen-bond acceptors (Lipinski definition) is 2. The topological polar surface area (TPSA) is 15.3 Å². The Hall–Kier alpha value is -0.340. The van der Waals surface area contributed by atoms with Crippen LogP contribution >= 0.6 is 0 Å². The number of hydrogen-bond donors (Lipinski definition) is 1. The molecule has 3 unspecified atom stereocenters. The molecule has 2 aliphatic rings. The highest BCUT2D eigenvalue weighted by molar-refractivity contribution is 4.92. The quantitative estimate of drug-likeness (QED) is 0.568. The predicted octanol–water partition coefficient (Wildman–Crippen LogP) is 2.42. The van der Waals surface area contributed by atoms with E-state index in [4.69, 9.17) is 0 Å². The Morgan fingerprint density at radius 3 is 3.00 bits per heavy atom. The van der Waals surface area contributed by atoms with Crippen molar-refractivity contribution >= 4 is 0 Å². The summed E-state index contributed by atoms with van der Waals surface area (Å²) in [5, 5.41) is 3.45. The Bertz CT molecular complexity index is 227. The summed E-state index contributed by atoms with van der Waals surface area (Å²) in [5.74, 6) is 1.01. The molecule has 2 rings (SSSR count). The first-order valence-electron chi connectivity index (χ1n) is 6.90. The van der Waals surface area contributed by atoms with Gasteiger partial charge in [-0.2, -0.15) is 0 Å². The van der Waals surface area contributed by atoms with Gasteiger partial charge in [-0.25, -0.2) is 0 Å². The summed E-state index contributed by atoms with van der Waals surface area (Å²) in [5.41, 5.74) is 0. The van der Waals surface area contributed by atoms with Gasteiger partial charge in [0.25, 0.3) is 0 Å². The zero-order valence-corrected chi connectivity index (χ0v) is 10.6. The Labute approximate surface area is 100 Å². The third-order valence-electron chi connectivity index (χ3n) is 4.35. The van der Waals surface area contributed by atoms with Crippen molar-refractivity contribution in [3.8, 4) is 0 Å². The van der Waals surface area contributed by atoms with Gasteiger partial charge in [0.2, 0.25) is 0 Å². The van der Waals surface area contributed by atoms with Crippen LogP contribution in [0, 0.1) is 5.92 Å². The summed E-state index contributed by atoms with van der Waals surface area (Å²) in [6.45, 7) is 9.48. The standard InChI is InChI=1S/C14H26N2/c1-3-9-15-11-12(2)16-10-8-13-6-4-5-7-14(13)16/h3,12-15H,1,4-11H2,2H3. The lowest BCUT2D eigenvalue weighted by Crippen LogP contribution is -2.45. The second kappa shape index (κ2) is 5.83. The maximum Gasteiger partial charge on any atom is 0.0195 e. The van der Waals surface area contributed by atoms with Crippen molar-refractivity contribution in [2.75, 3.05) is 19.6 Å². The van der Waals surface area contributed by atoms with Crippen LogP contribution in [0.25, 0.3) is 0 Å². The minimum atomic E-state index is 0.688. The average molecular weight is 222 g/mol. The first kappa shape index (κ1) is 12.1. The van der Waals surface area contributed by atoms with Crippen molar-refractivity contribution in [2.24, 2.45) is 5.92 Å². The Balaban J connectivity index is 1.81. The van der Waals surface area contributed by atoms with Crippen molar-refractivity contribution in [3.63, 3.8) is 0 Å². The SMILES string of the molecule is C=CCNCC(C)N1CCC2CCCCC21. The molecule has 1 aliphatic carbocycles. The maximum absolute atomic E-state index is 3.74. The molecule has 0 radical (unpaired) electrons. The summed E-state index contributed by atoms with van der Waals surface area (Å²) in [6.07, 6.45) is 9.23. The third kappa shape index (κ3) is 2.67. The lowest BCUT2D eigenvalue weighted by molar-refractivity contribution is 0.139. The van der Waals surface area contributed by atoms with Crippen LogP contribution in [0.4, 0.5) is 0 Å². The van der Waals surface area contributed by atoms with Gasteiger partial charge >= 0.3 is 0 Å². The van der Waals surface area contributed by atoms with E-state index in [1.807, 2.05) is 6.08 Å². The average Bonchev–Trinajstić information content (AvgIpc) is 2.73. The van der Waals surface area contributed by atoms with Gasteiger partial charge in [0, 0.05) is 25.2 Å². The van der Waals surface area contributed by atoms with Crippen molar-refractivity contribution < 1.29 is 0 Å². The van der Waals surface area contributed by atoms with E-state index in [-0.39, 0.29) is 0 Å². The van der Waals surface area contributed by atoms with Crippen LogP contribution in [0.2, 0.25) is 0 Å². The van der Waals surface area contributed by atoms with Gasteiger partial charge in [0.15, 0.2) is 0 Å². The smallest absolute Gasteiger partial charge is 0.0195 e. The first-order chi connectivity index (χ1) is 7.83. The minimum absolute atomic E-state index is 0.688. The van der Waals surface area contributed by atoms with Crippen molar-refractivity contribution in [1.29, 1.82) is 0 Å². The molecule has 2 nitrogen and oxygen atoms in total. The largest absolute Gasteiger partial charge is 0.312 e. The second-order valence-electron chi connectivity index (χ2n) is 5.43. The molecule has 1 N–H and O–H groups in total. The summed E-state index contributed by atoms with van der Waals surface area (Å²) in [6, 6.07) is 1.59. The van der Waals surface area contributed by atoms with Crippen LogP contribution in [0.1, 0.15) is 39.0 Å². The molecular weight excluding hydrogens is 196 g/mol. The van der Waals surface area contributed by atoms with E-state index in [9.17, 15) is 0 Å². The summed E-state index contributed by atoms with van der Waals surface area (Å²) < 4.78 is 0. The molecule has 1 saturated heterocycles. The summed E-state index contributed by atoms with van der Waals surface area (Å²) in [4.78, 5) is 2.75. The molecule has 0 aromatic rings. The fraction of sp³-hybridized carbons (Fsp3) is 0.857. The van der Waals surface area contributed by atoms with E-state index in [2.05, 4.69) is 23.7 Å². The van der Waals surface area contributed by atoms with E-state index < -0.39 is 0 Å². The molecule has 0 bridgehead atoms. The molecule has 3 atom stereocenters. The van der Waals surface area contributed by atoms with Gasteiger partial charge < -0.3 is 5.32 Å². The maximum atomic E-state index is 3.74. The van der Waals surface area contributed by atoms with Gasteiger partial charge in [0.1, 0.15) is 0 Å². The zero-order valence-electron chi connectivity index (χ0n) is 10.6. The van der Waals surface area contributed by atoms with Crippen LogP contribution in [-0.2, 0) is 0 Å². The van der Waals surface area contributed by atoms with Crippen LogP contribution in [0.5, 0.6) is 0 Å². The molecule has 0 spiro atoms. The number of fused-ring (bicyclic) bond motifs is 1. The molecule has 1 heterocycles. The van der Waals surface area contributed by atoms with Crippen LogP contribution in [-0.4, -0.2) is 36.6 Å². The van der Waals surface area contributed by atoms with Crippen molar-refractivity contribution in [2.45, 2.75) is 51.1 Å². The number of nitrogens with zero attached hydrogens (tertiary/aromatic N) is 1. The predicted molar refractivity (Wildman–Crippen MR) is 69.6 cm³/mol. The monoisotopic (exact) mass is 222 g/mol. The molecule has 92 valence electrons. The summed E-state index contributed by atoms with van der Waals surface area (Å²) in [7, 11) is 0. The molecule has 0 amide bonds. The molecule has 1 aliphatic heterocycles. The molecule has 0 aromatic carbocycles. The first-order valence-corrected chi connectivity index (χ1v) is 6.90. The lowest BCUT2D eigenvalue weighted by Gasteiger charge is -2.35. The Kier molecular flexibility index (Phi) is 4.42. The van der Waals surface area contributed by atoms with Gasteiger partial charge in [-0.05, 0) is 38.6 Å². The fourth-order valence-electron chi connectivity index (χ4n) is 3.50. The molecule has 0 aromatic heterocycles. The summed E-state index contributed by atoms with van der Waals surface area (Å²) >= 11 is 0. The zero-order chi connectivity index (χ0) is 11.4. The number of likely N-dealkylation sites (tertiary alicyclic amines) is 1. The normalized spacial score (nSPS) is 32.3. The van der Waals surface area contributed by atoms with Crippen molar-refractivity contribution in [3.05, 3.63) is 12.7 Å². The third-order valence-corrected chi connectivity index (χ3v) is 4.35. The molecule has 2 fully saturated rings. The van der Waals surface area contributed by atoms with E-state index in [1.165, 1.54) is 38.6 Å². The fourth-order valence-corrected chi connectivity index (χ4v) is 3.50. The van der Waals surface area contributed by atoms with Crippen LogP contribution < -0.4 is 5.32 Å². The van der Waals surface area contributed by atoms with Crippen LogP contribution in [0.3, 0.4) is 0 Å². The van der Waals surface area contributed by atoms with E-state index in [1.54, 1.807) is 0 Å². The Morgan fingerprint density at radius 2 is 2.19 bits per heavy atom. The highest BCUT2D eigenvalue weighted by Crippen LogP contribution is 2.36. The van der Waals surface area contributed by atoms with Gasteiger partial charge in [-0.15, -0.1) is 6.58 Å². The molecule has 2 heteroatoms. The highest BCUT2D eigenvalue weighted by atomic mass is 15.2. The Morgan fingerprint density at radius 1 is 1.38 bits per heavy atom. The molecule has 16 heavy (non-hydrogen) atoms. The highest BCUT2D eigenvalue weighted by Gasteiger charge is 2.37. The molecule has 1 saturated carbocycles. The van der Waals surface area contributed by atoms with Gasteiger partial charge in [0.05, 0.1) is 0 Å². The van der Waals surface area contributed by atoms with Gasteiger partial charge in [-0.1, -0.05) is 18.9 Å². The van der Waals surface area contributed by atoms with E-state index >= 15 is 0 Å². The van der Waals surface area contributed by atoms with Crippen LogP contribution in [0.15, 0.2) is 12.7 Å². The minimum Gasteiger partial charge on any atom is -0.312 e. The van der Waals surface area contributed by atoms with E-state index in [0.717, 1.165) is 25.0 Å². The van der Waals surface area contributed by atoms with E-state index in [0.29, 0.717) is 6.04 Å². The number of rotatable bonds is 5. The second-order valence-corrected chi connectivity index (χ2v) is 5.43.